The van der Waals surface area contributed by atoms with Crippen molar-refractivity contribution in [3.05, 3.63) is 29.8 Å². The predicted molar refractivity (Wildman–Crippen MR) is 63.7 cm³/mol. The summed E-state index contributed by atoms with van der Waals surface area (Å²) in [7, 11) is 0. The first-order chi connectivity index (χ1) is 6.83. The van der Waals surface area contributed by atoms with Crippen LogP contribution in [0.4, 0.5) is 0 Å². The topological polar surface area (TPSA) is 52.0 Å². The van der Waals surface area contributed by atoms with Crippen LogP contribution in [-0.4, -0.2) is 18.8 Å². The fourth-order valence-corrected chi connectivity index (χ4v) is 2.34. The molecule has 0 aliphatic carbocycles. The Morgan fingerprint density at radius 1 is 1.21 bits per heavy atom. The molecule has 1 aromatic rings. The second-order valence-corrected chi connectivity index (χ2v) is 4.45. The fraction of sp³-hybridized carbons (Fsp3) is 0.455. The minimum absolute atomic E-state index is 0.297. The van der Waals surface area contributed by atoms with Crippen LogP contribution in [0.1, 0.15) is 18.4 Å². The van der Waals surface area contributed by atoms with Gasteiger partial charge in [0.05, 0.1) is 0 Å². The Kier molecular flexibility index (Phi) is 5.01. The van der Waals surface area contributed by atoms with Crippen LogP contribution in [0.15, 0.2) is 29.2 Å². The SMILES string of the molecule is CCSc1ccccc1C(CN)CN. The van der Waals surface area contributed by atoms with Crippen molar-refractivity contribution in [1.29, 1.82) is 0 Å². The molecule has 0 spiro atoms. The van der Waals surface area contributed by atoms with E-state index in [0.29, 0.717) is 19.0 Å². The van der Waals surface area contributed by atoms with Crippen LogP contribution in [0, 0.1) is 0 Å². The third-order valence-corrected chi connectivity index (χ3v) is 3.20. The second-order valence-electron chi connectivity index (χ2n) is 3.14. The van der Waals surface area contributed by atoms with Crippen molar-refractivity contribution in [3.8, 4) is 0 Å². The molecule has 14 heavy (non-hydrogen) atoms. The van der Waals surface area contributed by atoms with Gasteiger partial charge in [0.25, 0.3) is 0 Å². The van der Waals surface area contributed by atoms with Crippen LogP contribution < -0.4 is 11.5 Å². The van der Waals surface area contributed by atoms with Crippen molar-refractivity contribution >= 4 is 11.8 Å². The van der Waals surface area contributed by atoms with Gasteiger partial charge in [0, 0.05) is 23.9 Å². The minimum atomic E-state index is 0.297. The average Bonchev–Trinajstić information content (AvgIpc) is 2.23. The van der Waals surface area contributed by atoms with Gasteiger partial charge < -0.3 is 11.5 Å². The molecule has 0 radical (unpaired) electrons. The summed E-state index contributed by atoms with van der Waals surface area (Å²) in [6.45, 7) is 3.40. The average molecular weight is 210 g/mol. The lowest BCUT2D eigenvalue weighted by molar-refractivity contribution is 0.696. The Balaban J connectivity index is 2.92. The van der Waals surface area contributed by atoms with Crippen LogP contribution in [0.2, 0.25) is 0 Å². The van der Waals surface area contributed by atoms with Crippen LogP contribution >= 0.6 is 11.8 Å². The fourth-order valence-electron chi connectivity index (χ4n) is 1.45. The summed E-state index contributed by atoms with van der Waals surface area (Å²) in [5, 5.41) is 0. The Morgan fingerprint density at radius 3 is 2.43 bits per heavy atom. The molecule has 3 heteroatoms. The summed E-state index contributed by atoms with van der Waals surface area (Å²) < 4.78 is 0. The maximum atomic E-state index is 5.69. The molecule has 0 aliphatic heterocycles. The van der Waals surface area contributed by atoms with E-state index < -0.39 is 0 Å². The summed E-state index contributed by atoms with van der Waals surface area (Å²) in [5.41, 5.74) is 12.7. The summed E-state index contributed by atoms with van der Waals surface area (Å²) in [6.07, 6.45) is 0. The van der Waals surface area contributed by atoms with Gasteiger partial charge in [-0.1, -0.05) is 25.1 Å². The van der Waals surface area contributed by atoms with Crippen molar-refractivity contribution in [1.82, 2.24) is 0 Å². The van der Waals surface area contributed by atoms with Gasteiger partial charge in [-0.25, -0.2) is 0 Å². The van der Waals surface area contributed by atoms with Crippen molar-refractivity contribution in [2.75, 3.05) is 18.8 Å². The predicted octanol–water partition coefficient (Wildman–Crippen LogP) is 1.80. The zero-order valence-corrected chi connectivity index (χ0v) is 9.39. The Bertz CT molecular complexity index is 272. The quantitative estimate of drug-likeness (QED) is 0.729. The highest BCUT2D eigenvalue weighted by atomic mass is 32.2. The van der Waals surface area contributed by atoms with Gasteiger partial charge in [-0.2, -0.15) is 0 Å². The summed E-state index contributed by atoms with van der Waals surface area (Å²) in [4.78, 5) is 1.32. The molecule has 0 bridgehead atoms. The zero-order chi connectivity index (χ0) is 10.4. The molecule has 4 N–H and O–H groups in total. The summed E-state index contributed by atoms with van der Waals surface area (Å²) in [6, 6.07) is 8.38. The number of hydrogen-bond acceptors (Lipinski definition) is 3. The Morgan fingerprint density at radius 2 is 1.86 bits per heavy atom. The molecule has 0 saturated carbocycles. The van der Waals surface area contributed by atoms with E-state index in [1.807, 2.05) is 17.8 Å². The van der Waals surface area contributed by atoms with E-state index in [4.69, 9.17) is 11.5 Å². The van der Waals surface area contributed by atoms with Gasteiger partial charge in [0.1, 0.15) is 0 Å². The molecule has 0 aromatic heterocycles. The molecule has 78 valence electrons. The highest BCUT2D eigenvalue weighted by molar-refractivity contribution is 7.99. The summed E-state index contributed by atoms with van der Waals surface area (Å²) in [5.74, 6) is 1.38. The monoisotopic (exact) mass is 210 g/mol. The maximum absolute atomic E-state index is 5.69. The van der Waals surface area contributed by atoms with Crippen LogP contribution in [0.25, 0.3) is 0 Å². The molecule has 0 atom stereocenters. The molecule has 0 amide bonds. The third kappa shape index (κ3) is 2.74. The van der Waals surface area contributed by atoms with E-state index in [0.717, 1.165) is 5.75 Å². The normalized spacial score (nSPS) is 10.9. The summed E-state index contributed by atoms with van der Waals surface area (Å²) >= 11 is 1.85. The number of rotatable bonds is 5. The van der Waals surface area contributed by atoms with Crippen LogP contribution in [0.3, 0.4) is 0 Å². The number of nitrogens with two attached hydrogens (primary N) is 2. The van der Waals surface area contributed by atoms with E-state index in [-0.39, 0.29) is 0 Å². The third-order valence-electron chi connectivity index (χ3n) is 2.23. The Labute approximate surface area is 90.1 Å². The standard InChI is InChI=1S/C11H18N2S/c1-2-14-11-6-4-3-5-10(11)9(7-12)8-13/h3-6,9H,2,7-8,12-13H2,1H3. The van der Waals surface area contributed by atoms with E-state index in [2.05, 4.69) is 25.1 Å². The molecule has 0 unspecified atom stereocenters. The molecular formula is C11H18N2S. The zero-order valence-electron chi connectivity index (χ0n) is 8.57. The van der Waals surface area contributed by atoms with Crippen LogP contribution in [0.5, 0.6) is 0 Å². The first kappa shape index (κ1) is 11.6. The molecule has 1 aromatic carbocycles. The lowest BCUT2D eigenvalue weighted by Gasteiger charge is -2.16. The number of hydrogen-bond donors (Lipinski definition) is 2. The lowest BCUT2D eigenvalue weighted by Crippen LogP contribution is -2.21. The molecule has 0 fully saturated rings. The lowest BCUT2D eigenvalue weighted by atomic mass is 10.00. The molecule has 0 aliphatic rings. The number of thioether (sulfide) groups is 1. The van der Waals surface area contributed by atoms with E-state index in [9.17, 15) is 0 Å². The highest BCUT2D eigenvalue weighted by Crippen LogP contribution is 2.27. The van der Waals surface area contributed by atoms with Gasteiger partial charge in [-0.3, -0.25) is 0 Å². The van der Waals surface area contributed by atoms with Gasteiger partial charge >= 0.3 is 0 Å². The smallest absolute Gasteiger partial charge is 0.0108 e. The first-order valence-electron chi connectivity index (χ1n) is 4.95. The first-order valence-corrected chi connectivity index (χ1v) is 5.93. The molecular weight excluding hydrogens is 192 g/mol. The number of benzene rings is 1. The van der Waals surface area contributed by atoms with Crippen LogP contribution in [-0.2, 0) is 0 Å². The van der Waals surface area contributed by atoms with Gasteiger partial charge in [-0.05, 0) is 17.4 Å². The van der Waals surface area contributed by atoms with Gasteiger partial charge in [0.2, 0.25) is 0 Å². The van der Waals surface area contributed by atoms with Gasteiger partial charge in [0.15, 0.2) is 0 Å². The van der Waals surface area contributed by atoms with Crippen molar-refractivity contribution in [2.45, 2.75) is 17.7 Å². The minimum Gasteiger partial charge on any atom is -0.330 e. The van der Waals surface area contributed by atoms with E-state index in [1.54, 1.807) is 0 Å². The molecule has 1 rings (SSSR count). The largest absolute Gasteiger partial charge is 0.330 e. The Hall–Kier alpha value is -0.510. The van der Waals surface area contributed by atoms with E-state index >= 15 is 0 Å². The van der Waals surface area contributed by atoms with Crippen molar-refractivity contribution in [3.63, 3.8) is 0 Å². The van der Waals surface area contributed by atoms with Crippen molar-refractivity contribution < 1.29 is 0 Å². The molecule has 2 nitrogen and oxygen atoms in total. The van der Waals surface area contributed by atoms with E-state index in [1.165, 1.54) is 10.5 Å². The van der Waals surface area contributed by atoms with Gasteiger partial charge in [-0.15, -0.1) is 11.8 Å². The second kappa shape index (κ2) is 6.06. The molecule has 0 heterocycles. The molecule has 0 saturated heterocycles. The maximum Gasteiger partial charge on any atom is 0.0108 e. The van der Waals surface area contributed by atoms with Crippen molar-refractivity contribution in [2.24, 2.45) is 11.5 Å². The highest BCUT2D eigenvalue weighted by Gasteiger charge is 2.11.